The first-order valence-electron chi connectivity index (χ1n) is 13.5. The maximum atomic E-state index is 12.3. The van der Waals surface area contributed by atoms with Gasteiger partial charge in [0.05, 0.1) is 19.6 Å². The molecule has 2 aromatic carbocycles. The monoisotopic (exact) mass is 556 g/mol. The molecule has 0 amide bonds. The lowest BCUT2D eigenvalue weighted by Crippen LogP contribution is -2.42. The molecule has 10 heteroatoms. The highest BCUT2D eigenvalue weighted by Crippen LogP contribution is 2.17. The van der Waals surface area contributed by atoms with Crippen molar-refractivity contribution < 1.29 is 38.9 Å². The summed E-state index contributed by atoms with van der Waals surface area (Å²) in [4.78, 5) is 50.5. The third-order valence-electron chi connectivity index (χ3n) is 6.48. The zero-order valence-electron chi connectivity index (χ0n) is 23.1. The van der Waals surface area contributed by atoms with E-state index in [9.17, 15) is 29.4 Å². The maximum Gasteiger partial charge on any atom is 0.320 e. The van der Waals surface area contributed by atoms with Gasteiger partial charge in [-0.3, -0.25) is 29.0 Å². The highest BCUT2D eigenvalue weighted by molar-refractivity contribution is 5.74. The Hall–Kier alpha value is -3.76. The first-order valence-corrected chi connectivity index (χ1v) is 13.5. The van der Waals surface area contributed by atoms with E-state index >= 15 is 0 Å². The second-order valence-corrected chi connectivity index (χ2v) is 9.67. The predicted octanol–water partition coefficient (Wildman–Crippen LogP) is 3.44. The van der Waals surface area contributed by atoms with Crippen molar-refractivity contribution in [1.82, 2.24) is 9.80 Å². The molecule has 0 fully saturated rings. The van der Waals surface area contributed by atoms with Gasteiger partial charge in [0.15, 0.2) is 0 Å². The molecule has 2 aromatic rings. The van der Waals surface area contributed by atoms with Crippen LogP contribution >= 0.6 is 0 Å². The number of rotatable bonds is 20. The molecule has 0 heterocycles. The summed E-state index contributed by atoms with van der Waals surface area (Å²) < 4.78 is 10.6. The van der Waals surface area contributed by atoms with E-state index in [0.29, 0.717) is 19.4 Å². The van der Waals surface area contributed by atoms with Gasteiger partial charge < -0.3 is 19.7 Å². The van der Waals surface area contributed by atoms with Crippen LogP contribution in [0.1, 0.15) is 43.7 Å². The van der Waals surface area contributed by atoms with E-state index < -0.39 is 17.9 Å². The van der Waals surface area contributed by atoms with Crippen LogP contribution in [0.4, 0.5) is 0 Å². The number of benzene rings is 2. The number of ether oxygens (including phenoxy) is 2. The van der Waals surface area contributed by atoms with Crippen LogP contribution in [0.15, 0.2) is 60.7 Å². The smallest absolute Gasteiger partial charge is 0.320 e. The lowest BCUT2D eigenvalue weighted by Gasteiger charge is -2.26. The summed E-state index contributed by atoms with van der Waals surface area (Å²) in [5.41, 5.74) is 1.75. The Morgan fingerprint density at radius 1 is 0.675 bits per heavy atom. The molecule has 1 unspecified atom stereocenters. The fourth-order valence-corrected chi connectivity index (χ4v) is 4.17. The summed E-state index contributed by atoms with van der Waals surface area (Å²) in [7, 11) is 0. The fourth-order valence-electron chi connectivity index (χ4n) is 4.17. The van der Waals surface area contributed by atoms with E-state index in [2.05, 4.69) is 0 Å². The minimum absolute atomic E-state index is 0.0872. The van der Waals surface area contributed by atoms with Crippen molar-refractivity contribution in [2.24, 2.45) is 5.92 Å². The van der Waals surface area contributed by atoms with E-state index in [1.165, 1.54) is 4.90 Å². The van der Waals surface area contributed by atoms with Crippen molar-refractivity contribution in [3.63, 3.8) is 0 Å². The van der Waals surface area contributed by atoms with Gasteiger partial charge >= 0.3 is 23.9 Å². The van der Waals surface area contributed by atoms with Gasteiger partial charge in [-0.1, -0.05) is 74.0 Å². The molecule has 0 saturated carbocycles. The minimum Gasteiger partial charge on any atom is -0.480 e. The Labute approximate surface area is 235 Å². The molecule has 0 aliphatic rings. The Bertz CT molecular complexity index is 1050. The highest BCUT2D eigenvalue weighted by Gasteiger charge is 2.19. The van der Waals surface area contributed by atoms with E-state index in [0.717, 1.165) is 17.5 Å². The quantitative estimate of drug-likeness (QED) is 0.234. The summed E-state index contributed by atoms with van der Waals surface area (Å²) in [6.45, 7) is 2.45. The van der Waals surface area contributed by atoms with E-state index in [1.807, 2.05) is 67.6 Å². The van der Waals surface area contributed by atoms with Crippen LogP contribution in [0.5, 0.6) is 0 Å². The average Bonchev–Trinajstić information content (AvgIpc) is 2.94. The second-order valence-electron chi connectivity index (χ2n) is 9.67. The van der Waals surface area contributed by atoms with Crippen molar-refractivity contribution in [2.75, 3.05) is 39.3 Å². The number of hydrogen-bond acceptors (Lipinski definition) is 8. The number of aliphatic carboxylic acids is 2. The van der Waals surface area contributed by atoms with Gasteiger partial charge in [0.2, 0.25) is 0 Å². The maximum absolute atomic E-state index is 12.3. The summed E-state index contributed by atoms with van der Waals surface area (Å²) >= 11 is 0. The Kier molecular flexibility index (Phi) is 15.0. The zero-order valence-corrected chi connectivity index (χ0v) is 23.1. The van der Waals surface area contributed by atoms with Crippen LogP contribution < -0.4 is 0 Å². The number of carboxylic acid groups (broad SMARTS) is 2. The van der Waals surface area contributed by atoms with Gasteiger partial charge in [0.1, 0.15) is 13.2 Å². The van der Waals surface area contributed by atoms with E-state index in [1.54, 1.807) is 4.90 Å². The standard InChI is InChI=1S/C30H40N2O8/c1-2-24(13-14-29(37)39-22-25-9-5-3-6-10-25)15-16-31(19-27(33)34)17-18-32(20-28(35)36)21-30(38)40-23-26-11-7-4-8-12-26/h3-12,24H,2,13-23H2,1H3,(H,33,34)(H,35,36). The number of carbonyl (C=O) groups is 4. The molecule has 2 N–H and O–H groups in total. The van der Waals surface area contributed by atoms with Gasteiger partial charge in [0.25, 0.3) is 0 Å². The third kappa shape index (κ3) is 14.4. The lowest BCUT2D eigenvalue weighted by atomic mass is 9.96. The molecule has 0 aromatic heterocycles. The lowest BCUT2D eigenvalue weighted by molar-refractivity contribution is -0.148. The molecule has 40 heavy (non-hydrogen) atoms. The molecule has 0 aliphatic heterocycles. The second kappa shape index (κ2) is 18.5. The molecule has 0 bridgehead atoms. The Balaban J connectivity index is 1.81. The molecule has 1 atom stereocenters. The van der Waals surface area contributed by atoms with Crippen LogP contribution in [0.3, 0.4) is 0 Å². The van der Waals surface area contributed by atoms with Crippen molar-refractivity contribution in [3.8, 4) is 0 Å². The molecule has 0 radical (unpaired) electrons. The normalized spacial score (nSPS) is 11.8. The number of nitrogens with zero attached hydrogens (tertiary/aromatic N) is 2. The Morgan fingerprint density at radius 3 is 1.70 bits per heavy atom. The largest absolute Gasteiger partial charge is 0.480 e. The molecule has 0 aliphatic carbocycles. The molecule has 218 valence electrons. The van der Waals surface area contributed by atoms with Gasteiger partial charge in [-0.05, 0) is 36.4 Å². The molecule has 0 spiro atoms. The minimum atomic E-state index is -1.09. The topological polar surface area (TPSA) is 134 Å². The van der Waals surface area contributed by atoms with Gasteiger partial charge in [-0.25, -0.2) is 0 Å². The van der Waals surface area contributed by atoms with Gasteiger partial charge in [-0.15, -0.1) is 0 Å². The van der Waals surface area contributed by atoms with Crippen molar-refractivity contribution >= 4 is 23.9 Å². The molecule has 10 nitrogen and oxygen atoms in total. The van der Waals surface area contributed by atoms with E-state index in [4.69, 9.17) is 9.47 Å². The van der Waals surface area contributed by atoms with Crippen LogP contribution in [0, 0.1) is 5.92 Å². The summed E-state index contributed by atoms with van der Waals surface area (Å²) in [5, 5.41) is 18.7. The van der Waals surface area contributed by atoms with Gasteiger partial charge in [0, 0.05) is 19.5 Å². The van der Waals surface area contributed by atoms with E-state index in [-0.39, 0.29) is 64.2 Å². The van der Waals surface area contributed by atoms with Crippen molar-refractivity contribution in [1.29, 1.82) is 0 Å². The summed E-state index contributed by atoms with van der Waals surface area (Å²) in [6, 6.07) is 18.6. The number of carboxylic acids is 2. The van der Waals surface area contributed by atoms with Crippen LogP contribution in [-0.4, -0.2) is 83.2 Å². The van der Waals surface area contributed by atoms with Crippen molar-refractivity contribution in [3.05, 3.63) is 71.8 Å². The van der Waals surface area contributed by atoms with Crippen LogP contribution in [-0.2, 0) is 41.9 Å². The average molecular weight is 557 g/mol. The predicted molar refractivity (Wildman–Crippen MR) is 148 cm³/mol. The van der Waals surface area contributed by atoms with Gasteiger partial charge in [-0.2, -0.15) is 0 Å². The van der Waals surface area contributed by atoms with Crippen LogP contribution in [0.25, 0.3) is 0 Å². The van der Waals surface area contributed by atoms with Crippen LogP contribution in [0.2, 0.25) is 0 Å². The molecular formula is C30H40N2O8. The number of hydrogen-bond donors (Lipinski definition) is 2. The number of esters is 2. The first kappa shape index (κ1) is 32.5. The Morgan fingerprint density at radius 2 is 1.18 bits per heavy atom. The third-order valence-corrected chi connectivity index (χ3v) is 6.48. The fraction of sp³-hybridized carbons (Fsp3) is 0.467. The molecule has 0 saturated heterocycles. The summed E-state index contributed by atoms with van der Waals surface area (Å²) in [6.07, 6.45) is 2.41. The molecule has 2 rings (SSSR count). The first-order chi connectivity index (χ1) is 19.2. The highest BCUT2D eigenvalue weighted by atomic mass is 16.5. The SMILES string of the molecule is CCC(CCC(=O)OCc1ccccc1)CCN(CCN(CC(=O)O)CC(=O)OCc1ccccc1)CC(=O)O. The molecular weight excluding hydrogens is 516 g/mol. The van der Waals surface area contributed by atoms with Crippen molar-refractivity contribution in [2.45, 2.75) is 45.8 Å². The zero-order chi connectivity index (χ0) is 29.2. The summed E-state index contributed by atoms with van der Waals surface area (Å²) in [5.74, 6) is -2.72. The number of carbonyl (C=O) groups excluding carboxylic acids is 2.